The predicted molar refractivity (Wildman–Crippen MR) is 76.3 cm³/mol. The van der Waals surface area contributed by atoms with Gasteiger partial charge in [-0.1, -0.05) is 30.5 Å². The van der Waals surface area contributed by atoms with Crippen molar-refractivity contribution in [3.8, 4) is 0 Å². The molecule has 0 heterocycles. The molecule has 1 saturated carbocycles. The van der Waals surface area contributed by atoms with E-state index in [9.17, 15) is 4.79 Å². The Morgan fingerprint density at radius 2 is 2.21 bits per heavy atom. The van der Waals surface area contributed by atoms with Gasteiger partial charge in [-0.05, 0) is 31.0 Å². The molecule has 1 aromatic rings. The van der Waals surface area contributed by atoms with Gasteiger partial charge in [0.25, 0.3) is 0 Å². The van der Waals surface area contributed by atoms with Crippen molar-refractivity contribution in [2.45, 2.75) is 37.8 Å². The molecule has 1 aliphatic rings. The summed E-state index contributed by atoms with van der Waals surface area (Å²) in [6, 6.07) is 7.08. The standard InChI is InChI=1S/C14H19ClN2O2/c15-10-4-3-5-11(8-10)17-14(18)9-19-13-7-2-1-6-12(13)16/h3-5,8,12-13H,1-2,6-7,9,16H2,(H,17,18). The summed E-state index contributed by atoms with van der Waals surface area (Å²) >= 11 is 5.85. The molecule has 19 heavy (non-hydrogen) atoms. The van der Waals surface area contributed by atoms with Crippen molar-refractivity contribution in [3.63, 3.8) is 0 Å². The van der Waals surface area contributed by atoms with Crippen molar-refractivity contribution in [2.75, 3.05) is 11.9 Å². The van der Waals surface area contributed by atoms with Crippen LogP contribution >= 0.6 is 11.6 Å². The summed E-state index contributed by atoms with van der Waals surface area (Å²) in [5.41, 5.74) is 6.64. The summed E-state index contributed by atoms with van der Waals surface area (Å²) < 4.78 is 5.59. The third-order valence-corrected chi connectivity index (χ3v) is 3.53. The Balaban J connectivity index is 1.78. The quantitative estimate of drug-likeness (QED) is 0.892. The zero-order valence-corrected chi connectivity index (χ0v) is 11.5. The van der Waals surface area contributed by atoms with E-state index < -0.39 is 0 Å². The van der Waals surface area contributed by atoms with Crippen molar-refractivity contribution >= 4 is 23.2 Å². The van der Waals surface area contributed by atoms with Crippen molar-refractivity contribution in [2.24, 2.45) is 5.73 Å². The molecule has 0 radical (unpaired) electrons. The first kappa shape index (κ1) is 14.3. The largest absolute Gasteiger partial charge is 0.367 e. The highest BCUT2D eigenvalue weighted by molar-refractivity contribution is 6.30. The van der Waals surface area contributed by atoms with E-state index >= 15 is 0 Å². The molecule has 1 aliphatic carbocycles. The summed E-state index contributed by atoms with van der Waals surface area (Å²) in [7, 11) is 0. The average Bonchev–Trinajstić information content (AvgIpc) is 2.38. The number of rotatable bonds is 4. The zero-order chi connectivity index (χ0) is 13.7. The van der Waals surface area contributed by atoms with Crippen LogP contribution < -0.4 is 11.1 Å². The molecular formula is C14H19ClN2O2. The first-order chi connectivity index (χ1) is 9.15. The normalized spacial score (nSPS) is 23.1. The third kappa shape index (κ3) is 4.49. The average molecular weight is 283 g/mol. The third-order valence-electron chi connectivity index (χ3n) is 3.29. The van der Waals surface area contributed by atoms with Gasteiger partial charge in [0.2, 0.25) is 5.91 Å². The lowest BCUT2D eigenvalue weighted by atomic mass is 9.93. The van der Waals surface area contributed by atoms with Crippen LogP contribution in [0.2, 0.25) is 5.02 Å². The van der Waals surface area contributed by atoms with Gasteiger partial charge in [0, 0.05) is 16.8 Å². The van der Waals surface area contributed by atoms with Gasteiger partial charge >= 0.3 is 0 Å². The molecule has 2 rings (SSSR count). The van der Waals surface area contributed by atoms with Crippen molar-refractivity contribution < 1.29 is 9.53 Å². The number of hydrogen-bond acceptors (Lipinski definition) is 3. The molecule has 2 atom stereocenters. The first-order valence-corrected chi connectivity index (χ1v) is 6.95. The van der Waals surface area contributed by atoms with E-state index in [0.29, 0.717) is 10.7 Å². The Hall–Kier alpha value is -1.10. The minimum Gasteiger partial charge on any atom is -0.367 e. The molecule has 104 valence electrons. The summed E-state index contributed by atoms with van der Waals surface area (Å²) in [6.07, 6.45) is 4.18. The minimum absolute atomic E-state index is 0.00105. The van der Waals surface area contributed by atoms with Gasteiger partial charge in [-0.3, -0.25) is 4.79 Å². The second kappa shape index (κ2) is 6.89. The maximum absolute atomic E-state index is 11.8. The molecule has 1 fully saturated rings. The number of ether oxygens (including phenoxy) is 1. The van der Waals surface area contributed by atoms with Crippen molar-refractivity contribution in [1.29, 1.82) is 0 Å². The number of benzene rings is 1. The van der Waals surface area contributed by atoms with Gasteiger partial charge in [0.1, 0.15) is 6.61 Å². The highest BCUT2D eigenvalue weighted by atomic mass is 35.5. The summed E-state index contributed by atoms with van der Waals surface area (Å²) in [4.78, 5) is 11.8. The molecular weight excluding hydrogens is 264 g/mol. The number of nitrogens with two attached hydrogens (primary N) is 1. The fourth-order valence-electron chi connectivity index (χ4n) is 2.28. The van der Waals surface area contributed by atoms with Crippen LogP contribution in [0.4, 0.5) is 5.69 Å². The van der Waals surface area contributed by atoms with E-state index in [1.807, 2.05) is 0 Å². The fraction of sp³-hybridized carbons (Fsp3) is 0.500. The molecule has 1 aromatic carbocycles. The van der Waals surface area contributed by atoms with E-state index in [-0.39, 0.29) is 24.7 Å². The topological polar surface area (TPSA) is 64.3 Å². The van der Waals surface area contributed by atoms with Gasteiger partial charge in [0.15, 0.2) is 0 Å². The van der Waals surface area contributed by atoms with Gasteiger partial charge in [-0.2, -0.15) is 0 Å². The second-order valence-electron chi connectivity index (χ2n) is 4.86. The Morgan fingerprint density at radius 1 is 1.42 bits per heavy atom. The molecule has 0 saturated heterocycles. The number of hydrogen-bond donors (Lipinski definition) is 2. The number of anilines is 1. The van der Waals surface area contributed by atoms with Crippen LogP contribution in [0.1, 0.15) is 25.7 Å². The molecule has 0 spiro atoms. The lowest BCUT2D eigenvalue weighted by Gasteiger charge is -2.28. The van der Waals surface area contributed by atoms with Crippen LogP contribution in [0.5, 0.6) is 0 Å². The number of halogens is 1. The van der Waals surface area contributed by atoms with E-state index in [1.54, 1.807) is 24.3 Å². The first-order valence-electron chi connectivity index (χ1n) is 6.58. The monoisotopic (exact) mass is 282 g/mol. The molecule has 4 nitrogen and oxygen atoms in total. The van der Waals surface area contributed by atoms with E-state index in [1.165, 1.54) is 0 Å². The second-order valence-corrected chi connectivity index (χ2v) is 5.29. The molecule has 5 heteroatoms. The summed E-state index contributed by atoms with van der Waals surface area (Å²) in [5.74, 6) is -0.181. The zero-order valence-electron chi connectivity index (χ0n) is 10.8. The van der Waals surface area contributed by atoms with Crippen LogP contribution in [0.15, 0.2) is 24.3 Å². The molecule has 3 N–H and O–H groups in total. The number of carbonyl (C=O) groups excluding carboxylic acids is 1. The van der Waals surface area contributed by atoms with Gasteiger partial charge in [0.05, 0.1) is 6.10 Å². The summed E-state index contributed by atoms with van der Waals surface area (Å²) in [5, 5.41) is 3.34. The SMILES string of the molecule is NC1CCCCC1OCC(=O)Nc1cccc(Cl)c1. The van der Waals surface area contributed by atoms with E-state index in [2.05, 4.69) is 5.32 Å². The van der Waals surface area contributed by atoms with Crippen LogP contribution in [-0.2, 0) is 9.53 Å². The number of carbonyl (C=O) groups is 1. The number of nitrogens with one attached hydrogen (secondary N) is 1. The lowest BCUT2D eigenvalue weighted by Crippen LogP contribution is -2.40. The summed E-state index contributed by atoms with van der Waals surface area (Å²) in [6.45, 7) is 0.0326. The molecule has 0 aromatic heterocycles. The van der Waals surface area contributed by atoms with Gasteiger partial charge in [-0.15, -0.1) is 0 Å². The smallest absolute Gasteiger partial charge is 0.250 e. The van der Waals surface area contributed by atoms with E-state index in [4.69, 9.17) is 22.1 Å². The highest BCUT2D eigenvalue weighted by Gasteiger charge is 2.22. The Bertz CT molecular complexity index is 439. The maximum atomic E-state index is 11.8. The molecule has 0 aliphatic heterocycles. The molecule has 0 bridgehead atoms. The van der Waals surface area contributed by atoms with Crippen LogP contribution in [0.25, 0.3) is 0 Å². The van der Waals surface area contributed by atoms with Crippen molar-refractivity contribution in [3.05, 3.63) is 29.3 Å². The van der Waals surface area contributed by atoms with Gasteiger partial charge < -0.3 is 15.8 Å². The maximum Gasteiger partial charge on any atom is 0.250 e. The highest BCUT2D eigenvalue weighted by Crippen LogP contribution is 2.20. The Kier molecular flexibility index (Phi) is 5.19. The molecule has 2 unspecified atom stereocenters. The van der Waals surface area contributed by atoms with Crippen LogP contribution in [-0.4, -0.2) is 24.7 Å². The number of amides is 1. The van der Waals surface area contributed by atoms with Crippen molar-refractivity contribution in [1.82, 2.24) is 0 Å². The van der Waals surface area contributed by atoms with Crippen LogP contribution in [0, 0.1) is 0 Å². The fourth-order valence-corrected chi connectivity index (χ4v) is 2.47. The minimum atomic E-state index is -0.181. The molecule has 1 amide bonds. The van der Waals surface area contributed by atoms with Gasteiger partial charge in [-0.25, -0.2) is 0 Å². The predicted octanol–water partition coefficient (Wildman–Crippen LogP) is 2.57. The Labute approximate surface area is 118 Å². The van der Waals surface area contributed by atoms with E-state index in [0.717, 1.165) is 25.7 Å². The lowest BCUT2D eigenvalue weighted by molar-refractivity contribution is -0.123. The van der Waals surface area contributed by atoms with Crippen LogP contribution in [0.3, 0.4) is 0 Å². The Morgan fingerprint density at radius 3 is 2.95 bits per heavy atom.